The molecule has 0 radical (unpaired) electrons. The first-order valence-electron chi connectivity index (χ1n) is 3.38. The summed E-state index contributed by atoms with van der Waals surface area (Å²) in [5.41, 5.74) is 0.935. The minimum atomic E-state index is 0.385. The molecule has 0 spiro atoms. The van der Waals surface area contributed by atoms with Crippen LogP contribution < -0.4 is 4.74 Å². The van der Waals surface area contributed by atoms with Crippen LogP contribution in [0.25, 0.3) is 0 Å². The van der Waals surface area contributed by atoms with E-state index in [1.54, 1.807) is 0 Å². The Balaban J connectivity index is 2.42. The Morgan fingerprint density at radius 1 is 1.36 bits per heavy atom. The molecule has 0 amide bonds. The molecule has 0 atom stereocenters. The lowest BCUT2D eigenvalue weighted by Crippen LogP contribution is -2.15. The quantitative estimate of drug-likeness (QED) is 0.409. The highest BCUT2D eigenvalue weighted by atomic mass is 16.5. The van der Waals surface area contributed by atoms with Crippen molar-refractivity contribution in [1.29, 1.82) is 0 Å². The van der Waals surface area contributed by atoms with Gasteiger partial charge in [0.25, 0.3) is 0 Å². The lowest BCUT2D eigenvalue weighted by molar-refractivity contribution is -0.480. The summed E-state index contributed by atoms with van der Waals surface area (Å²) >= 11 is 0. The number of hydroxylamine groups is 1. The molecule has 0 fully saturated rings. The highest BCUT2D eigenvalue weighted by Gasteiger charge is 2.11. The van der Waals surface area contributed by atoms with Crippen LogP contribution in [0, 0.1) is 5.21 Å². The van der Waals surface area contributed by atoms with Gasteiger partial charge >= 0.3 is 6.40 Å². The maximum absolute atomic E-state index is 10.8. The molecule has 1 aliphatic heterocycles. The van der Waals surface area contributed by atoms with Crippen molar-refractivity contribution in [2.75, 3.05) is 0 Å². The molecule has 0 N–H and O–H groups in total. The highest BCUT2D eigenvalue weighted by molar-refractivity contribution is 5.51. The van der Waals surface area contributed by atoms with Gasteiger partial charge in [-0.25, -0.2) is 0 Å². The fraction of sp³-hybridized carbons (Fsp3) is 0.125. The highest BCUT2D eigenvalue weighted by Crippen LogP contribution is 2.19. The minimum Gasteiger partial charge on any atom is -0.621 e. The smallest absolute Gasteiger partial charge is 0.341 e. The van der Waals surface area contributed by atoms with Gasteiger partial charge in [0.2, 0.25) is 0 Å². The van der Waals surface area contributed by atoms with Gasteiger partial charge in [-0.15, -0.1) is 0 Å². The van der Waals surface area contributed by atoms with E-state index in [-0.39, 0.29) is 0 Å². The molecule has 0 unspecified atom stereocenters. The van der Waals surface area contributed by atoms with E-state index in [0.29, 0.717) is 6.54 Å². The number of ether oxygens (including phenoxy) is 1. The number of nitrogens with zero attached hydrogens (tertiary/aromatic N) is 1. The molecule has 56 valence electrons. The van der Waals surface area contributed by atoms with Crippen molar-refractivity contribution in [3.8, 4) is 5.75 Å². The van der Waals surface area contributed by atoms with Crippen LogP contribution in [0.4, 0.5) is 0 Å². The number of para-hydroxylation sites is 1. The minimum absolute atomic E-state index is 0.385. The molecule has 0 bridgehead atoms. The van der Waals surface area contributed by atoms with E-state index < -0.39 is 0 Å². The summed E-state index contributed by atoms with van der Waals surface area (Å²) in [6.07, 6.45) is 1.18. The number of fused-ring (bicyclic) bond motifs is 1. The fourth-order valence-electron chi connectivity index (χ4n) is 1.07. The van der Waals surface area contributed by atoms with Gasteiger partial charge in [0.05, 0.1) is 5.56 Å². The van der Waals surface area contributed by atoms with Crippen LogP contribution in [0.2, 0.25) is 0 Å². The molecule has 3 nitrogen and oxygen atoms in total. The third kappa shape index (κ3) is 1.05. The van der Waals surface area contributed by atoms with E-state index in [9.17, 15) is 5.21 Å². The Kier molecular flexibility index (Phi) is 1.28. The van der Waals surface area contributed by atoms with Gasteiger partial charge in [-0.05, 0) is 12.1 Å². The number of rotatable bonds is 0. The number of benzene rings is 1. The molecule has 0 aliphatic carbocycles. The average Bonchev–Trinajstić information content (AvgIpc) is 2.04. The Bertz CT molecular complexity index is 307. The van der Waals surface area contributed by atoms with Crippen LogP contribution in [0.1, 0.15) is 5.56 Å². The topological polar surface area (TPSA) is 35.3 Å². The zero-order valence-electron chi connectivity index (χ0n) is 5.86. The lowest BCUT2D eigenvalue weighted by atomic mass is 10.2. The molecule has 1 aliphatic rings. The van der Waals surface area contributed by atoms with Crippen LogP contribution in [-0.2, 0) is 6.54 Å². The number of hydrogen-bond donors (Lipinski definition) is 0. The van der Waals surface area contributed by atoms with Crippen molar-refractivity contribution in [3.05, 3.63) is 35.0 Å². The monoisotopic (exact) mass is 149 g/mol. The second-order valence-electron chi connectivity index (χ2n) is 2.41. The van der Waals surface area contributed by atoms with Gasteiger partial charge in [-0.3, -0.25) is 0 Å². The van der Waals surface area contributed by atoms with Crippen molar-refractivity contribution < 1.29 is 9.48 Å². The Labute approximate surface area is 64.1 Å². The predicted octanol–water partition coefficient (Wildman–Crippen LogP) is 1.12. The van der Waals surface area contributed by atoms with Crippen molar-refractivity contribution in [1.82, 2.24) is 0 Å². The van der Waals surface area contributed by atoms with Gasteiger partial charge in [-0.2, -0.15) is 4.74 Å². The Morgan fingerprint density at radius 2 is 2.18 bits per heavy atom. The summed E-state index contributed by atoms with van der Waals surface area (Å²) in [6, 6.07) is 7.50. The van der Waals surface area contributed by atoms with E-state index >= 15 is 0 Å². The van der Waals surface area contributed by atoms with E-state index in [2.05, 4.69) is 0 Å². The zero-order chi connectivity index (χ0) is 7.68. The van der Waals surface area contributed by atoms with Gasteiger partial charge in [0, 0.05) is 0 Å². The Morgan fingerprint density at radius 3 is 3.09 bits per heavy atom. The summed E-state index contributed by atoms with van der Waals surface area (Å²) in [4.78, 5) is 0. The van der Waals surface area contributed by atoms with Gasteiger partial charge in [0.15, 0.2) is 6.54 Å². The Hall–Kier alpha value is -1.51. The van der Waals surface area contributed by atoms with E-state index in [4.69, 9.17) is 4.74 Å². The molecule has 11 heavy (non-hydrogen) atoms. The largest absolute Gasteiger partial charge is 0.621 e. The molecule has 1 aromatic carbocycles. The average molecular weight is 149 g/mol. The van der Waals surface area contributed by atoms with Crippen molar-refractivity contribution in [2.24, 2.45) is 0 Å². The van der Waals surface area contributed by atoms with Crippen molar-refractivity contribution in [3.63, 3.8) is 0 Å². The molecule has 1 aromatic rings. The summed E-state index contributed by atoms with van der Waals surface area (Å²) in [7, 11) is 0. The molecular weight excluding hydrogens is 142 g/mol. The summed E-state index contributed by atoms with van der Waals surface area (Å²) in [5, 5.41) is 10.8. The molecular formula is C8H7NO2. The van der Waals surface area contributed by atoms with Crippen LogP contribution in [0.15, 0.2) is 24.3 Å². The third-order valence-corrected chi connectivity index (χ3v) is 1.60. The van der Waals surface area contributed by atoms with Crippen LogP contribution in [0.3, 0.4) is 0 Å². The summed E-state index contributed by atoms with van der Waals surface area (Å²) in [6.45, 7) is 0.385. The maximum atomic E-state index is 10.8. The van der Waals surface area contributed by atoms with Crippen molar-refractivity contribution >= 4 is 6.40 Å². The lowest BCUT2D eigenvalue weighted by Gasteiger charge is -2.12. The van der Waals surface area contributed by atoms with E-state index in [1.165, 1.54) is 6.40 Å². The normalized spacial score (nSPS) is 14.7. The van der Waals surface area contributed by atoms with Gasteiger partial charge < -0.3 is 9.94 Å². The molecule has 3 heteroatoms. The first kappa shape index (κ1) is 6.22. The second kappa shape index (κ2) is 2.27. The molecule has 1 heterocycles. The molecule has 0 saturated heterocycles. The first-order valence-corrected chi connectivity index (χ1v) is 3.38. The van der Waals surface area contributed by atoms with Crippen LogP contribution in [-0.4, -0.2) is 11.1 Å². The summed E-state index contributed by atoms with van der Waals surface area (Å²) < 4.78 is 5.79. The molecule has 2 rings (SSSR count). The van der Waals surface area contributed by atoms with Crippen LogP contribution >= 0.6 is 0 Å². The summed E-state index contributed by atoms with van der Waals surface area (Å²) in [5.74, 6) is 0.777. The van der Waals surface area contributed by atoms with Crippen molar-refractivity contribution in [2.45, 2.75) is 6.54 Å². The van der Waals surface area contributed by atoms with E-state index in [1.807, 2.05) is 24.3 Å². The molecule has 0 saturated carbocycles. The zero-order valence-corrected chi connectivity index (χ0v) is 5.86. The number of hydrogen-bond acceptors (Lipinski definition) is 2. The predicted molar refractivity (Wildman–Crippen MR) is 40.5 cm³/mol. The first-order chi connectivity index (χ1) is 5.36. The second-order valence-corrected chi connectivity index (χ2v) is 2.41. The van der Waals surface area contributed by atoms with Gasteiger partial charge in [-0.1, -0.05) is 12.1 Å². The van der Waals surface area contributed by atoms with Crippen LogP contribution in [0.5, 0.6) is 5.75 Å². The SMILES string of the molecule is [O-][N+]1=COc2ccccc2C1. The van der Waals surface area contributed by atoms with E-state index in [0.717, 1.165) is 16.1 Å². The fourth-order valence-corrected chi connectivity index (χ4v) is 1.07. The molecule has 0 aromatic heterocycles. The maximum Gasteiger partial charge on any atom is 0.341 e. The van der Waals surface area contributed by atoms with Gasteiger partial charge in [0.1, 0.15) is 5.75 Å². The standard InChI is InChI=1S/C8H7NO2/c10-9-5-7-3-1-2-4-8(7)11-6-9/h1-4,6H,5H2. The third-order valence-electron chi connectivity index (χ3n) is 1.60.